The van der Waals surface area contributed by atoms with Gasteiger partial charge < -0.3 is 29.2 Å². The van der Waals surface area contributed by atoms with E-state index >= 15 is 0 Å². The highest BCUT2D eigenvalue weighted by atomic mass is 16.5. The third-order valence-electron chi connectivity index (χ3n) is 15.7. The van der Waals surface area contributed by atoms with E-state index in [4.69, 9.17) is 23.9 Å². The molecule has 1 atom stereocenters. The van der Waals surface area contributed by atoms with Crippen LogP contribution in [0, 0.1) is 41.9 Å². The third-order valence-corrected chi connectivity index (χ3v) is 15.7. The van der Waals surface area contributed by atoms with Gasteiger partial charge in [0.15, 0.2) is 0 Å². The molecule has 3 aromatic rings. The van der Waals surface area contributed by atoms with Crippen molar-refractivity contribution in [2.45, 2.75) is 110 Å². The molecule has 18 nitrogen and oxygen atoms in total. The number of carbonyl (C=O) groups is 5. The van der Waals surface area contributed by atoms with Gasteiger partial charge in [0.25, 0.3) is 17.7 Å². The number of fused-ring (bicyclic) bond motifs is 1. The van der Waals surface area contributed by atoms with E-state index in [-0.39, 0.29) is 70.4 Å². The molecule has 5 amide bonds. The Morgan fingerprint density at radius 2 is 1.60 bits per heavy atom. The predicted molar refractivity (Wildman–Crippen MR) is 257 cm³/mol. The van der Waals surface area contributed by atoms with E-state index in [9.17, 15) is 29.2 Å². The number of nitrogens with one attached hydrogen (secondary N) is 2. The lowest BCUT2D eigenvalue weighted by Gasteiger charge is -2.63. The molecule has 2 aliphatic carbocycles. The number of piperidine rings is 2. The number of anilines is 1. The van der Waals surface area contributed by atoms with E-state index in [1.165, 1.54) is 7.11 Å². The maximum absolute atomic E-state index is 13.6. The fraction of sp³-hybridized carbons (Fsp3) is 0.577. The monoisotopic (exact) mass is 959 g/mol. The van der Waals surface area contributed by atoms with Crippen molar-refractivity contribution < 1.29 is 42.9 Å². The van der Waals surface area contributed by atoms with Crippen molar-refractivity contribution in [2.75, 3.05) is 71.0 Å². The van der Waals surface area contributed by atoms with Crippen molar-refractivity contribution in [3.05, 3.63) is 70.2 Å². The quantitative estimate of drug-likeness (QED) is 0.202. The zero-order valence-electron chi connectivity index (χ0n) is 41.3. The zero-order chi connectivity index (χ0) is 49.6. The van der Waals surface area contributed by atoms with Crippen molar-refractivity contribution in [3.8, 4) is 23.3 Å². The summed E-state index contributed by atoms with van der Waals surface area (Å²) in [5.74, 6) is -0.0341. The Labute approximate surface area is 409 Å². The van der Waals surface area contributed by atoms with E-state index in [0.717, 1.165) is 112 Å². The van der Waals surface area contributed by atoms with Gasteiger partial charge in [-0.3, -0.25) is 44.0 Å². The van der Waals surface area contributed by atoms with Crippen LogP contribution >= 0.6 is 0 Å². The minimum Gasteiger partial charge on any atom is -0.496 e. The maximum atomic E-state index is 13.6. The normalized spacial score (nSPS) is 25.4. The molecule has 70 heavy (non-hydrogen) atoms. The van der Waals surface area contributed by atoms with Crippen LogP contribution in [0.3, 0.4) is 0 Å². The van der Waals surface area contributed by atoms with Crippen LogP contribution < -0.4 is 29.7 Å². The van der Waals surface area contributed by atoms with Gasteiger partial charge in [-0.1, -0.05) is 27.7 Å². The number of amides is 5. The number of carbonyl (C=O) groups excluding carboxylic acids is 5. The summed E-state index contributed by atoms with van der Waals surface area (Å²) < 4.78 is 24.2. The fourth-order valence-corrected chi connectivity index (χ4v) is 12.0. The van der Waals surface area contributed by atoms with Gasteiger partial charge in [0.05, 0.1) is 55.5 Å². The van der Waals surface area contributed by atoms with Gasteiger partial charge in [-0.05, 0) is 68.4 Å². The highest BCUT2D eigenvalue weighted by Crippen LogP contribution is 2.55. The summed E-state index contributed by atoms with van der Waals surface area (Å²) in [5.41, 5.74) is 2.13. The van der Waals surface area contributed by atoms with Gasteiger partial charge in [-0.2, -0.15) is 5.26 Å². The lowest BCUT2D eigenvalue weighted by atomic mass is 9.49. The molecule has 18 heteroatoms. The summed E-state index contributed by atoms with van der Waals surface area (Å²) in [4.78, 5) is 82.7. The summed E-state index contributed by atoms with van der Waals surface area (Å²) in [6, 6.07) is 8.34. The first-order chi connectivity index (χ1) is 33.5. The number of methoxy groups -OCH3 is 1. The van der Waals surface area contributed by atoms with E-state index in [1.807, 2.05) is 26.0 Å². The van der Waals surface area contributed by atoms with E-state index in [2.05, 4.69) is 64.1 Å². The van der Waals surface area contributed by atoms with E-state index in [1.54, 1.807) is 24.5 Å². The molecular weight excluding hydrogens is 895 g/mol. The Morgan fingerprint density at radius 3 is 2.23 bits per heavy atom. The van der Waals surface area contributed by atoms with E-state index < -0.39 is 29.7 Å². The van der Waals surface area contributed by atoms with Crippen molar-refractivity contribution >= 4 is 35.4 Å². The zero-order valence-corrected chi connectivity index (χ0v) is 41.3. The second-order valence-corrected chi connectivity index (χ2v) is 21.1. The third kappa shape index (κ3) is 9.43. The Morgan fingerprint density at radius 1 is 0.914 bits per heavy atom. The van der Waals surface area contributed by atoms with Crippen molar-refractivity contribution in [1.29, 1.82) is 5.26 Å². The summed E-state index contributed by atoms with van der Waals surface area (Å²) >= 11 is 0. The number of morpholine rings is 1. The Hall–Kier alpha value is -6.16. The molecule has 6 aliphatic rings. The molecule has 5 heterocycles. The summed E-state index contributed by atoms with van der Waals surface area (Å²) in [5, 5.41) is 15.0. The van der Waals surface area contributed by atoms with Crippen LogP contribution in [-0.2, 0) is 14.3 Å². The second-order valence-electron chi connectivity index (χ2n) is 21.1. The highest BCUT2D eigenvalue weighted by Gasteiger charge is 2.64. The van der Waals surface area contributed by atoms with Crippen LogP contribution in [0.2, 0.25) is 0 Å². The van der Waals surface area contributed by atoms with Gasteiger partial charge in [0.1, 0.15) is 47.0 Å². The smallest absolute Gasteiger partial charge is 0.271 e. The Balaban J connectivity index is 0.783. The van der Waals surface area contributed by atoms with Gasteiger partial charge in [-0.15, -0.1) is 0 Å². The summed E-state index contributed by atoms with van der Waals surface area (Å²) in [6.45, 7) is 20.0. The van der Waals surface area contributed by atoms with Crippen LogP contribution in [0.5, 0.6) is 17.2 Å². The molecule has 5 fully saturated rings. The average Bonchev–Trinajstić information content (AvgIpc) is 3.57. The largest absolute Gasteiger partial charge is 0.496 e. The van der Waals surface area contributed by atoms with Crippen LogP contribution in [0.25, 0.3) is 0 Å². The maximum Gasteiger partial charge on any atom is 0.271 e. The van der Waals surface area contributed by atoms with Crippen molar-refractivity contribution in [1.82, 2.24) is 35.3 Å². The number of benzene rings is 2. The molecule has 2 aromatic carbocycles. The summed E-state index contributed by atoms with van der Waals surface area (Å²) in [7, 11) is 1.43. The number of ether oxygens (including phenoxy) is 4. The fourth-order valence-electron chi connectivity index (χ4n) is 12.0. The molecule has 0 radical (unpaired) electrons. The van der Waals surface area contributed by atoms with Gasteiger partial charge in [0, 0.05) is 94.1 Å². The van der Waals surface area contributed by atoms with Gasteiger partial charge >= 0.3 is 0 Å². The summed E-state index contributed by atoms with van der Waals surface area (Å²) in [6.07, 6.45) is 6.67. The first-order valence-corrected chi connectivity index (χ1v) is 24.7. The molecular formula is C52H65N9O9. The lowest BCUT2D eigenvalue weighted by Crippen LogP contribution is -2.74. The van der Waals surface area contributed by atoms with Crippen molar-refractivity contribution in [2.24, 2.45) is 16.7 Å². The molecule has 2 saturated carbocycles. The molecule has 9 rings (SSSR count). The first kappa shape index (κ1) is 48.8. The van der Waals surface area contributed by atoms with Gasteiger partial charge in [-0.25, -0.2) is 9.97 Å². The lowest BCUT2D eigenvalue weighted by molar-refractivity contribution is -0.164. The second kappa shape index (κ2) is 19.6. The van der Waals surface area contributed by atoms with Crippen LogP contribution in [0.15, 0.2) is 36.7 Å². The van der Waals surface area contributed by atoms with Gasteiger partial charge in [0.2, 0.25) is 11.8 Å². The Bertz CT molecular complexity index is 2540. The number of hydrogen-bond acceptors (Lipinski definition) is 15. The van der Waals surface area contributed by atoms with Crippen LogP contribution in [0.1, 0.15) is 114 Å². The number of nitriles is 1. The standard InChI is InChI=1S/C52H65N9O9/c1-30-20-34(21-31(2)38(30)26-53)70-50-51(3,4)49(52(50,5)6)57-45(63)39-27-55-42(28-54-39)59-12-10-32(11-13-59)29-60(15-14-58-16-18-68-19-17-58)33-22-35(23-33)69-36-24-37-44(41(25-36)67-7)48(66)61(47(37)65)40-8-9-43(62)56-46(40)64/h20-21,24-25,27-28,32-33,35,40,49-50H,8-19,22-23,29H2,1-7H3,(H,57,63)(H,56,62,64)/t33?,35?,40-,49?,50?/m1/s1. The highest BCUT2D eigenvalue weighted by molar-refractivity contribution is 6.24. The molecule has 0 spiro atoms. The molecule has 0 bridgehead atoms. The number of nitrogens with zero attached hydrogens (tertiary/aromatic N) is 7. The average molecular weight is 960 g/mol. The molecule has 1 aromatic heterocycles. The first-order valence-electron chi connectivity index (χ1n) is 24.7. The number of aryl methyl sites for hydroxylation is 2. The minimum absolute atomic E-state index is 0.0366. The molecule has 2 N–H and O–H groups in total. The van der Waals surface area contributed by atoms with Crippen LogP contribution in [-0.4, -0.2) is 151 Å². The number of imide groups is 2. The SMILES string of the molecule is COc1cc(OC2CC(N(CCN3CCOCC3)CC3CCN(c4cnc(C(=O)NC5C(C)(C)C(Oc6cc(C)c(C#N)c(C)c6)C5(C)C)cn4)CC3)C2)cc2c1C(=O)N([C@@H]1CCC(=O)NC1=O)C2=O. The molecule has 372 valence electrons. The molecule has 0 unspecified atom stereocenters. The van der Waals surface area contributed by atoms with Crippen LogP contribution in [0.4, 0.5) is 5.82 Å². The van der Waals surface area contributed by atoms with E-state index in [0.29, 0.717) is 23.3 Å². The number of rotatable bonds is 15. The van der Waals surface area contributed by atoms with Crippen molar-refractivity contribution in [3.63, 3.8) is 0 Å². The number of hydrogen-bond donors (Lipinski definition) is 2. The molecule has 4 aliphatic heterocycles. The topological polar surface area (TPSA) is 209 Å². The minimum atomic E-state index is -1.07. The Kier molecular flexibility index (Phi) is 13.6. The molecule has 3 saturated heterocycles. The number of aromatic nitrogens is 2. The predicted octanol–water partition coefficient (Wildman–Crippen LogP) is 4.45.